The molecule has 0 aromatic carbocycles. The molecular formula is C16H31N3O. The van der Waals surface area contributed by atoms with Gasteiger partial charge in [-0.3, -0.25) is 9.80 Å². The first kappa shape index (κ1) is 14.8. The monoisotopic (exact) mass is 281 g/mol. The molecule has 2 heterocycles. The number of hydrogen-bond donors (Lipinski definition) is 1. The molecule has 4 heteroatoms. The molecule has 2 saturated heterocycles. The molecule has 20 heavy (non-hydrogen) atoms. The zero-order chi connectivity index (χ0) is 14.0. The van der Waals surface area contributed by atoms with Crippen LogP contribution in [0, 0.1) is 0 Å². The summed E-state index contributed by atoms with van der Waals surface area (Å²) in [4.78, 5) is 5.32. The van der Waals surface area contributed by atoms with Crippen molar-refractivity contribution in [1.29, 1.82) is 0 Å². The molecule has 2 N–H and O–H groups in total. The summed E-state index contributed by atoms with van der Waals surface area (Å²) in [6.45, 7) is 8.86. The van der Waals surface area contributed by atoms with Gasteiger partial charge in [0.2, 0.25) is 0 Å². The van der Waals surface area contributed by atoms with E-state index in [0.717, 1.165) is 19.2 Å². The minimum atomic E-state index is 0.281. The molecule has 0 radical (unpaired) electrons. The molecule has 1 saturated carbocycles. The third-order valence-corrected chi connectivity index (χ3v) is 5.86. The second-order valence-corrected chi connectivity index (χ2v) is 6.90. The Balaban J connectivity index is 1.50. The van der Waals surface area contributed by atoms with Crippen LogP contribution in [0.4, 0.5) is 0 Å². The van der Waals surface area contributed by atoms with E-state index in [1.165, 1.54) is 64.7 Å². The Morgan fingerprint density at radius 2 is 2.00 bits per heavy atom. The van der Waals surface area contributed by atoms with Crippen LogP contribution in [0.1, 0.15) is 45.4 Å². The van der Waals surface area contributed by atoms with Gasteiger partial charge in [0, 0.05) is 51.4 Å². The standard InChI is InChI=1S/C16H31N3O/c1-2-14(13-17)18-7-9-19(10-8-18)15-4-11-20-16(12-15)5-3-6-16/h14-15H,2-13,17H2,1H3. The summed E-state index contributed by atoms with van der Waals surface area (Å²) in [6.07, 6.45) is 7.66. The van der Waals surface area contributed by atoms with Gasteiger partial charge in [0.05, 0.1) is 5.60 Å². The first-order chi connectivity index (χ1) is 9.76. The molecule has 2 aliphatic heterocycles. The summed E-state index contributed by atoms with van der Waals surface area (Å²) >= 11 is 0. The van der Waals surface area contributed by atoms with E-state index >= 15 is 0 Å². The topological polar surface area (TPSA) is 41.7 Å². The Hall–Kier alpha value is -0.160. The second-order valence-electron chi connectivity index (χ2n) is 6.90. The minimum absolute atomic E-state index is 0.281. The van der Waals surface area contributed by atoms with Crippen molar-refractivity contribution in [2.75, 3.05) is 39.3 Å². The van der Waals surface area contributed by atoms with Crippen molar-refractivity contribution < 1.29 is 4.74 Å². The Kier molecular flexibility index (Phi) is 4.65. The highest BCUT2D eigenvalue weighted by atomic mass is 16.5. The fourth-order valence-corrected chi connectivity index (χ4v) is 4.27. The van der Waals surface area contributed by atoms with Gasteiger partial charge in [-0.15, -0.1) is 0 Å². The number of ether oxygens (including phenoxy) is 1. The van der Waals surface area contributed by atoms with Crippen molar-refractivity contribution in [1.82, 2.24) is 9.80 Å². The summed E-state index contributed by atoms with van der Waals surface area (Å²) in [5, 5.41) is 0. The lowest BCUT2D eigenvalue weighted by Crippen LogP contribution is -2.58. The Morgan fingerprint density at radius 3 is 2.55 bits per heavy atom. The molecule has 116 valence electrons. The maximum Gasteiger partial charge on any atom is 0.0697 e. The number of nitrogens with two attached hydrogens (primary N) is 1. The van der Waals surface area contributed by atoms with Gasteiger partial charge in [0.25, 0.3) is 0 Å². The summed E-state index contributed by atoms with van der Waals surface area (Å²) in [6, 6.07) is 1.36. The summed E-state index contributed by atoms with van der Waals surface area (Å²) in [7, 11) is 0. The van der Waals surface area contributed by atoms with Gasteiger partial charge in [-0.1, -0.05) is 6.92 Å². The van der Waals surface area contributed by atoms with Crippen LogP contribution >= 0.6 is 0 Å². The Morgan fingerprint density at radius 1 is 1.25 bits per heavy atom. The van der Waals surface area contributed by atoms with Crippen LogP contribution in [-0.2, 0) is 4.74 Å². The maximum absolute atomic E-state index is 6.06. The van der Waals surface area contributed by atoms with Crippen LogP contribution < -0.4 is 5.73 Å². The Bertz CT molecular complexity index is 307. The summed E-state index contributed by atoms with van der Waals surface area (Å²) < 4.78 is 6.06. The van der Waals surface area contributed by atoms with Crippen molar-refractivity contribution in [3.8, 4) is 0 Å². The molecule has 2 unspecified atom stereocenters. The molecule has 0 bridgehead atoms. The van der Waals surface area contributed by atoms with E-state index in [1.54, 1.807) is 0 Å². The van der Waals surface area contributed by atoms with Gasteiger partial charge in [0.15, 0.2) is 0 Å². The van der Waals surface area contributed by atoms with Gasteiger partial charge < -0.3 is 10.5 Å². The van der Waals surface area contributed by atoms with Crippen LogP contribution in [-0.4, -0.2) is 66.8 Å². The molecule has 1 aliphatic carbocycles. The fourth-order valence-electron chi connectivity index (χ4n) is 4.27. The molecule has 3 rings (SSSR count). The highest BCUT2D eigenvalue weighted by Crippen LogP contribution is 2.43. The summed E-state index contributed by atoms with van der Waals surface area (Å²) in [5.74, 6) is 0. The highest BCUT2D eigenvalue weighted by Gasteiger charge is 2.44. The predicted molar refractivity (Wildman–Crippen MR) is 81.8 cm³/mol. The zero-order valence-electron chi connectivity index (χ0n) is 13.0. The number of nitrogens with zero attached hydrogens (tertiary/aromatic N) is 2. The molecule has 3 aliphatic rings. The van der Waals surface area contributed by atoms with Crippen molar-refractivity contribution in [3.63, 3.8) is 0 Å². The van der Waals surface area contributed by atoms with Crippen molar-refractivity contribution >= 4 is 0 Å². The predicted octanol–water partition coefficient (Wildman–Crippen LogP) is 1.44. The molecular weight excluding hydrogens is 250 g/mol. The van der Waals surface area contributed by atoms with Crippen LogP contribution in [0.25, 0.3) is 0 Å². The van der Waals surface area contributed by atoms with Gasteiger partial charge in [-0.05, 0) is 38.5 Å². The van der Waals surface area contributed by atoms with Crippen LogP contribution in [0.5, 0.6) is 0 Å². The molecule has 4 nitrogen and oxygen atoms in total. The van der Waals surface area contributed by atoms with E-state index < -0.39 is 0 Å². The quantitative estimate of drug-likeness (QED) is 0.847. The van der Waals surface area contributed by atoms with Gasteiger partial charge >= 0.3 is 0 Å². The fraction of sp³-hybridized carbons (Fsp3) is 1.00. The maximum atomic E-state index is 6.06. The van der Waals surface area contributed by atoms with Crippen molar-refractivity contribution in [3.05, 3.63) is 0 Å². The van der Waals surface area contributed by atoms with Gasteiger partial charge in [0.1, 0.15) is 0 Å². The second kappa shape index (κ2) is 6.30. The van der Waals surface area contributed by atoms with E-state index in [9.17, 15) is 0 Å². The van der Waals surface area contributed by atoms with Crippen molar-refractivity contribution in [2.45, 2.75) is 63.1 Å². The molecule has 1 spiro atoms. The van der Waals surface area contributed by atoms with E-state index in [4.69, 9.17) is 10.5 Å². The normalized spacial score (nSPS) is 33.0. The van der Waals surface area contributed by atoms with E-state index in [-0.39, 0.29) is 5.60 Å². The van der Waals surface area contributed by atoms with Gasteiger partial charge in [-0.2, -0.15) is 0 Å². The lowest BCUT2D eigenvalue weighted by atomic mass is 9.73. The van der Waals surface area contributed by atoms with E-state index in [2.05, 4.69) is 16.7 Å². The molecule has 0 aromatic heterocycles. The van der Waals surface area contributed by atoms with Crippen molar-refractivity contribution in [2.24, 2.45) is 5.73 Å². The first-order valence-corrected chi connectivity index (χ1v) is 8.58. The average Bonchev–Trinajstić information content (AvgIpc) is 2.48. The molecule has 0 amide bonds. The number of rotatable bonds is 4. The molecule has 2 atom stereocenters. The molecule has 0 aromatic rings. The molecule has 3 fully saturated rings. The lowest BCUT2D eigenvalue weighted by Gasteiger charge is -2.51. The average molecular weight is 281 g/mol. The first-order valence-electron chi connectivity index (χ1n) is 8.58. The van der Waals surface area contributed by atoms with E-state index in [1.807, 2.05) is 0 Å². The number of hydrogen-bond acceptors (Lipinski definition) is 4. The Labute approximate surface area is 123 Å². The third kappa shape index (κ3) is 2.89. The SMILES string of the molecule is CCC(CN)N1CCN(C2CCOC3(CCC3)C2)CC1. The minimum Gasteiger partial charge on any atom is -0.375 e. The lowest BCUT2D eigenvalue weighted by molar-refractivity contribution is -0.151. The van der Waals surface area contributed by atoms with Crippen LogP contribution in [0.15, 0.2) is 0 Å². The van der Waals surface area contributed by atoms with Crippen LogP contribution in [0.3, 0.4) is 0 Å². The third-order valence-electron chi connectivity index (χ3n) is 5.86. The number of piperazine rings is 1. The summed E-state index contributed by atoms with van der Waals surface area (Å²) in [5.41, 5.74) is 6.16. The smallest absolute Gasteiger partial charge is 0.0697 e. The highest BCUT2D eigenvalue weighted by molar-refractivity contribution is 4.97. The van der Waals surface area contributed by atoms with Gasteiger partial charge in [-0.25, -0.2) is 0 Å². The largest absolute Gasteiger partial charge is 0.375 e. The van der Waals surface area contributed by atoms with Crippen LogP contribution in [0.2, 0.25) is 0 Å². The zero-order valence-corrected chi connectivity index (χ0v) is 13.0. The van der Waals surface area contributed by atoms with E-state index in [0.29, 0.717) is 6.04 Å².